The molecule has 0 spiro atoms. The Hall–Kier alpha value is -1.88. The summed E-state index contributed by atoms with van der Waals surface area (Å²) in [5, 5.41) is 8.81. The average Bonchev–Trinajstić information content (AvgIpc) is 2.37. The molecule has 0 bridgehead atoms. The number of carboxylic acid groups (broad SMARTS) is 1. The van der Waals surface area contributed by atoms with Crippen molar-refractivity contribution in [3.8, 4) is 0 Å². The third-order valence-electron chi connectivity index (χ3n) is 2.25. The number of thioether (sulfide) groups is 1. The third-order valence-corrected chi connectivity index (χ3v) is 3.31. The number of rotatable bonds is 4. The second kappa shape index (κ2) is 5.64. The lowest BCUT2D eigenvalue weighted by atomic mass is 10.2. The molecule has 0 aliphatic rings. The van der Waals surface area contributed by atoms with Gasteiger partial charge >= 0.3 is 5.97 Å². The molecule has 3 nitrogen and oxygen atoms in total. The van der Waals surface area contributed by atoms with E-state index in [4.69, 9.17) is 5.11 Å². The molecule has 0 aliphatic heterocycles. The molecular formula is C13H10FNO2S. The first kappa shape index (κ1) is 12.6. The maximum atomic E-state index is 13.0. The van der Waals surface area contributed by atoms with Crippen LogP contribution in [0.2, 0.25) is 0 Å². The summed E-state index contributed by atoms with van der Waals surface area (Å²) in [4.78, 5) is 15.3. The predicted octanol–water partition coefficient (Wildman–Crippen LogP) is 3.21. The molecule has 0 radical (unpaired) electrons. The van der Waals surface area contributed by atoms with Crippen LogP contribution in [0.5, 0.6) is 0 Å². The number of carboxylic acids is 1. The fourth-order valence-electron chi connectivity index (χ4n) is 1.41. The van der Waals surface area contributed by atoms with Gasteiger partial charge in [0.1, 0.15) is 11.5 Å². The van der Waals surface area contributed by atoms with Gasteiger partial charge in [-0.25, -0.2) is 14.2 Å². The lowest BCUT2D eigenvalue weighted by Gasteiger charge is -2.03. The van der Waals surface area contributed by atoms with Crippen LogP contribution in [0.4, 0.5) is 4.39 Å². The Morgan fingerprint density at radius 3 is 2.89 bits per heavy atom. The van der Waals surface area contributed by atoms with Crippen molar-refractivity contribution in [1.29, 1.82) is 0 Å². The smallest absolute Gasteiger partial charge is 0.354 e. The SMILES string of the molecule is O=C(O)c1cc(SCc2cccc(F)c2)ccn1. The number of aromatic nitrogens is 1. The molecule has 1 aromatic heterocycles. The minimum atomic E-state index is -1.05. The zero-order chi connectivity index (χ0) is 13.0. The molecule has 2 aromatic rings. The second-order valence-corrected chi connectivity index (χ2v) is 4.65. The summed E-state index contributed by atoms with van der Waals surface area (Å²) in [5.74, 6) is -0.738. The molecule has 0 amide bonds. The van der Waals surface area contributed by atoms with Crippen molar-refractivity contribution >= 4 is 17.7 Å². The van der Waals surface area contributed by atoms with Gasteiger partial charge in [0.15, 0.2) is 0 Å². The second-order valence-electron chi connectivity index (χ2n) is 3.60. The minimum absolute atomic E-state index is 0.0132. The lowest BCUT2D eigenvalue weighted by Crippen LogP contribution is -1.99. The van der Waals surface area contributed by atoms with Gasteiger partial charge in [0.2, 0.25) is 0 Å². The number of pyridine rings is 1. The van der Waals surface area contributed by atoms with Gasteiger partial charge in [0, 0.05) is 16.8 Å². The van der Waals surface area contributed by atoms with Gasteiger partial charge in [0.25, 0.3) is 0 Å². The van der Waals surface area contributed by atoms with Crippen LogP contribution in [0.3, 0.4) is 0 Å². The first-order valence-electron chi connectivity index (χ1n) is 5.22. The normalized spacial score (nSPS) is 10.3. The van der Waals surface area contributed by atoms with Crippen LogP contribution in [0.25, 0.3) is 0 Å². The molecule has 2 rings (SSSR count). The van der Waals surface area contributed by atoms with Gasteiger partial charge in [-0.3, -0.25) is 0 Å². The number of hydrogen-bond acceptors (Lipinski definition) is 3. The molecule has 1 N–H and O–H groups in total. The first-order valence-corrected chi connectivity index (χ1v) is 6.20. The Labute approximate surface area is 108 Å². The third kappa shape index (κ3) is 3.30. The number of nitrogens with zero attached hydrogens (tertiary/aromatic N) is 1. The van der Waals surface area contributed by atoms with Crippen molar-refractivity contribution < 1.29 is 14.3 Å². The number of halogens is 1. The summed E-state index contributed by atoms with van der Waals surface area (Å²) in [5.41, 5.74) is 0.868. The number of benzene rings is 1. The molecule has 0 aliphatic carbocycles. The van der Waals surface area contributed by atoms with E-state index in [2.05, 4.69) is 4.98 Å². The van der Waals surface area contributed by atoms with Crippen molar-refractivity contribution in [3.05, 3.63) is 59.7 Å². The van der Waals surface area contributed by atoms with Gasteiger partial charge in [0.05, 0.1) is 0 Å². The van der Waals surface area contributed by atoms with Crippen LogP contribution in [0.15, 0.2) is 47.5 Å². The lowest BCUT2D eigenvalue weighted by molar-refractivity contribution is 0.0690. The summed E-state index contributed by atoms with van der Waals surface area (Å²) < 4.78 is 13.0. The van der Waals surface area contributed by atoms with Crippen LogP contribution in [0.1, 0.15) is 16.1 Å². The standard InChI is InChI=1S/C13H10FNO2S/c14-10-3-1-2-9(6-10)8-18-11-4-5-15-12(7-11)13(16)17/h1-7H,8H2,(H,16,17). The van der Waals surface area contributed by atoms with E-state index in [0.717, 1.165) is 10.5 Å². The predicted molar refractivity (Wildman–Crippen MR) is 67.2 cm³/mol. The highest BCUT2D eigenvalue weighted by atomic mass is 32.2. The zero-order valence-electron chi connectivity index (χ0n) is 9.34. The van der Waals surface area contributed by atoms with Gasteiger partial charge in [-0.1, -0.05) is 12.1 Å². The highest BCUT2D eigenvalue weighted by molar-refractivity contribution is 7.98. The van der Waals surface area contributed by atoms with E-state index in [-0.39, 0.29) is 11.5 Å². The Balaban J connectivity index is 2.06. The van der Waals surface area contributed by atoms with E-state index in [9.17, 15) is 9.18 Å². The Morgan fingerprint density at radius 1 is 1.33 bits per heavy atom. The minimum Gasteiger partial charge on any atom is -0.477 e. The molecule has 0 saturated heterocycles. The molecule has 0 atom stereocenters. The molecule has 5 heteroatoms. The monoisotopic (exact) mass is 263 g/mol. The van der Waals surface area contributed by atoms with E-state index in [1.807, 2.05) is 6.07 Å². The fourth-order valence-corrected chi connectivity index (χ4v) is 2.28. The van der Waals surface area contributed by atoms with E-state index < -0.39 is 5.97 Å². The highest BCUT2D eigenvalue weighted by Crippen LogP contribution is 2.23. The quantitative estimate of drug-likeness (QED) is 0.860. The molecule has 1 aromatic carbocycles. The molecule has 18 heavy (non-hydrogen) atoms. The zero-order valence-corrected chi connectivity index (χ0v) is 10.2. The van der Waals surface area contributed by atoms with Crippen molar-refractivity contribution in [2.45, 2.75) is 10.6 Å². The maximum absolute atomic E-state index is 13.0. The molecule has 0 unspecified atom stereocenters. The van der Waals surface area contributed by atoms with E-state index in [1.165, 1.54) is 36.2 Å². The maximum Gasteiger partial charge on any atom is 0.354 e. The van der Waals surface area contributed by atoms with E-state index >= 15 is 0 Å². The van der Waals surface area contributed by atoms with Gasteiger partial charge in [-0.15, -0.1) is 11.8 Å². The van der Waals surface area contributed by atoms with Crippen molar-refractivity contribution in [2.75, 3.05) is 0 Å². The van der Waals surface area contributed by atoms with E-state index in [0.29, 0.717) is 5.75 Å². The molecular weight excluding hydrogens is 253 g/mol. The summed E-state index contributed by atoms with van der Waals surface area (Å²) in [6.07, 6.45) is 1.46. The Kier molecular flexibility index (Phi) is 3.94. The summed E-state index contributed by atoms with van der Waals surface area (Å²) in [6.45, 7) is 0. The largest absolute Gasteiger partial charge is 0.477 e. The molecule has 0 saturated carbocycles. The molecule has 1 heterocycles. The van der Waals surface area contributed by atoms with Gasteiger partial charge in [-0.2, -0.15) is 0 Å². The van der Waals surface area contributed by atoms with Crippen LogP contribution < -0.4 is 0 Å². The number of aromatic carboxylic acids is 1. The summed E-state index contributed by atoms with van der Waals surface area (Å²) >= 11 is 1.44. The Morgan fingerprint density at radius 2 is 2.17 bits per heavy atom. The molecule has 92 valence electrons. The van der Waals surface area contributed by atoms with Crippen molar-refractivity contribution in [1.82, 2.24) is 4.98 Å². The van der Waals surface area contributed by atoms with Crippen molar-refractivity contribution in [2.24, 2.45) is 0 Å². The topological polar surface area (TPSA) is 50.2 Å². The van der Waals surface area contributed by atoms with Crippen LogP contribution in [-0.4, -0.2) is 16.1 Å². The molecule has 0 fully saturated rings. The Bertz CT molecular complexity index is 574. The summed E-state index contributed by atoms with van der Waals surface area (Å²) in [7, 11) is 0. The number of carbonyl (C=O) groups is 1. The van der Waals surface area contributed by atoms with Gasteiger partial charge < -0.3 is 5.11 Å². The summed E-state index contributed by atoms with van der Waals surface area (Å²) in [6, 6.07) is 9.58. The van der Waals surface area contributed by atoms with Gasteiger partial charge in [-0.05, 0) is 29.8 Å². The van der Waals surface area contributed by atoms with Crippen molar-refractivity contribution in [3.63, 3.8) is 0 Å². The van der Waals surface area contributed by atoms with Crippen LogP contribution in [0, 0.1) is 5.82 Å². The average molecular weight is 263 g/mol. The van der Waals surface area contributed by atoms with E-state index in [1.54, 1.807) is 12.1 Å². The number of hydrogen-bond donors (Lipinski definition) is 1. The first-order chi connectivity index (χ1) is 8.65. The highest BCUT2D eigenvalue weighted by Gasteiger charge is 2.05. The van der Waals surface area contributed by atoms with Crippen LogP contribution in [-0.2, 0) is 5.75 Å². The van der Waals surface area contributed by atoms with Crippen LogP contribution >= 0.6 is 11.8 Å². The fraction of sp³-hybridized carbons (Fsp3) is 0.0769.